The lowest BCUT2D eigenvalue weighted by Gasteiger charge is -2.39. The number of rotatable bonds is 1. The van der Waals surface area contributed by atoms with Crippen molar-refractivity contribution < 1.29 is 0 Å². The van der Waals surface area contributed by atoms with Gasteiger partial charge in [0.25, 0.3) is 0 Å². The zero-order chi connectivity index (χ0) is 28.9. The highest BCUT2D eigenvalue weighted by molar-refractivity contribution is 6.26. The van der Waals surface area contributed by atoms with E-state index in [0.29, 0.717) is 0 Å². The fourth-order valence-electron chi connectivity index (χ4n) is 8.21. The molecule has 0 saturated heterocycles. The summed E-state index contributed by atoms with van der Waals surface area (Å²) in [6.07, 6.45) is 1.85. The van der Waals surface area contributed by atoms with Crippen molar-refractivity contribution in [2.75, 3.05) is 0 Å². The van der Waals surface area contributed by atoms with Crippen LogP contribution in [0.15, 0.2) is 120 Å². The summed E-state index contributed by atoms with van der Waals surface area (Å²) >= 11 is 0. The third-order valence-electron chi connectivity index (χ3n) is 9.99. The summed E-state index contributed by atoms with van der Waals surface area (Å²) in [5.74, 6) is 0.312. The van der Waals surface area contributed by atoms with Crippen molar-refractivity contribution in [3.63, 3.8) is 0 Å². The van der Waals surface area contributed by atoms with Crippen molar-refractivity contribution in [3.05, 3.63) is 137 Å². The van der Waals surface area contributed by atoms with Gasteiger partial charge in [-0.2, -0.15) is 5.26 Å². The average Bonchev–Trinajstić information content (AvgIpc) is 3.54. The van der Waals surface area contributed by atoms with Crippen molar-refractivity contribution in [1.82, 2.24) is 4.40 Å². The number of fused-ring (bicyclic) bond motifs is 12. The van der Waals surface area contributed by atoms with Crippen LogP contribution in [0.3, 0.4) is 0 Å². The minimum atomic E-state index is -0.208. The third-order valence-corrected chi connectivity index (χ3v) is 9.99. The maximum atomic E-state index is 10.0. The normalized spacial score (nSPS) is 17.7. The molecule has 2 aliphatic rings. The fourth-order valence-corrected chi connectivity index (χ4v) is 8.21. The first-order valence-electron chi connectivity index (χ1n) is 15.3. The van der Waals surface area contributed by atoms with E-state index in [4.69, 9.17) is 5.32 Å². The van der Waals surface area contributed by atoms with Crippen molar-refractivity contribution >= 4 is 60.4 Å². The molecule has 0 bridgehead atoms. The summed E-state index contributed by atoms with van der Waals surface area (Å²) in [6.45, 7) is 0. The molecular formula is C40H25N4-. The molecule has 0 spiro atoms. The lowest BCUT2D eigenvalue weighted by molar-refractivity contribution is 0.571. The quantitative estimate of drug-likeness (QED) is 0.197. The molecule has 2 atom stereocenters. The Labute approximate surface area is 253 Å². The standard InChI is InChI=1S/C40H25N4/c41-22-36-42-33-14-6-3-12-27(33)39(43-36)29-18-17-25-19-23-9-1-2-10-24(23)20-30(25)31-21-32-26-11-4-7-15-34(26)44-35-16-8-5-13-28(35)38(37(29)31)40(32)44/h1-16,19-21,29,39H,17-18H2/q-1. The average molecular weight is 562 g/mol. The zero-order valence-electron chi connectivity index (χ0n) is 23.8. The van der Waals surface area contributed by atoms with Crippen LogP contribution in [0.1, 0.15) is 35.1 Å². The molecule has 0 fully saturated rings. The van der Waals surface area contributed by atoms with Gasteiger partial charge in [-0.1, -0.05) is 91.0 Å². The molecule has 2 aromatic heterocycles. The third kappa shape index (κ3) is 3.08. The number of amidine groups is 1. The van der Waals surface area contributed by atoms with Gasteiger partial charge in [0.15, 0.2) is 0 Å². The minimum absolute atomic E-state index is 0.0533. The molecule has 2 unspecified atom stereocenters. The maximum absolute atomic E-state index is 10.0. The van der Waals surface area contributed by atoms with E-state index in [2.05, 4.69) is 119 Å². The maximum Gasteiger partial charge on any atom is 0.0901 e. The van der Waals surface area contributed by atoms with Crippen LogP contribution in [0.5, 0.6) is 0 Å². The Hall–Kier alpha value is -5.66. The SMILES string of the molecule is N#CC1=Nc2ccccc2C(C2CCc3cc4ccccc4cc3-c3cc4c5ccccc5n5c6ccccc6c(c32)c45)[N-]1. The largest absolute Gasteiger partial charge is 0.448 e. The first kappa shape index (κ1) is 23.9. The van der Waals surface area contributed by atoms with E-state index < -0.39 is 0 Å². The monoisotopic (exact) mass is 561 g/mol. The van der Waals surface area contributed by atoms with Gasteiger partial charge in [-0.15, -0.1) is 0 Å². The second-order valence-electron chi connectivity index (χ2n) is 12.2. The van der Waals surface area contributed by atoms with Gasteiger partial charge in [-0.25, -0.2) is 0 Å². The molecule has 10 rings (SSSR count). The first-order valence-corrected chi connectivity index (χ1v) is 15.3. The molecule has 1 aliphatic carbocycles. The Bertz CT molecular complexity index is 2560. The highest BCUT2D eigenvalue weighted by Gasteiger charge is 2.34. The Morgan fingerprint density at radius 1 is 0.727 bits per heavy atom. The van der Waals surface area contributed by atoms with Gasteiger partial charge in [-0.3, -0.25) is 0 Å². The predicted octanol–water partition coefficient (Wildman–Crippen LogP) is 10.4. The summed E-state index contributed by atoms with van der Waals surface area (Å²) < 4.78 is 2.47. The van der Waals surface area contributed by atoms with Gasteiger partial charge in [0.05, 0.1) is 22.6 Å². The lowest BCUT2D eigenvalue weighted by atomic mass is 9.79. The van der Waals surface area contributed by atoms with E-state index in [1.54, 1.807) is 0 Å². The predicted molar refractivity (Wildman–Crippen MR) is 180 cm³/mol. The Morgan fingerprint density at radius 3 is 2.27 bits per heavy atom. The molecule has 206 valence electrons. The first-order chi connectivity index (χ1) is 21.8. The number of hydrogen-bond acceptors (Lipinski definition) is 2. The van der Waals surface area contributed by atoms with E-state index in [1.165, 1.54) is 71.1 Å². The molecule has 0 amide bonds. The number of aromatic nitrogens is 1. The molecule has 44 heavy (non-hydrogen) atoms. The van der Waals surface area contributed by atoms with Crippen LogP contribution in [0.4, 0.5) is 5.69 Å². The van der Waals surface area contributed by atoms with Crippen LogP contribution in [0, 0.1) is 11.3 Å². The Kier molecular flexibility index (Phi) is 4.71. The molecule has 8 aromatic rings. The smallest absolute Gasteiger partial charge is 0.0901 e. The van der Waals surface area contributed by atoms with Gasteiger partial charge in [0, 0.05) is 27.4 Å². The van der Waals surface area contributed by atoms with E-state index >= 15 is 0 Å². The van der Waals surface area contributed by atoms with Gasteiger partial charge < -0.3 is 14.7 Å². The van der Waals surface area contributed by atoms with Crippen LogP contribution in [0.2, 0.25) is 0 Å². The highest BCUT2D eigenvalue weighted by atomic mass is 15.1. The van der Waals surface area contributed by atoms with Crippen molar-refractivity contribution in [2.45, 2.75) is 24.8 Å². The molecule has 4 nitrogen and oxygen atoms in total. The van der Waals surface area contributed by atoms with Crippen molar-refractivity contribution in [2.24, 2.45) is 4.99 Å². The minimum Gasteiger partial charge on any atom is -0.448 e. The number of aryl methyl sites for hydroxylation is 1. The molecule has 3 heterocycles. The highest BCUT2D eigenvalue weighted by Crippen LogP contribution is 2.55. The second-order valence-corrected chi connectivity index (χ2v) is 12.2. The Morgan fingerprint density at radius 2 is 1.43 bits per heavy atom. The molecule has 0 radical (unpaired) electrons. The number of nitrogens with zero attached hydrogens (tertiary/aromatic N) is 4. The Balaban J connectivity index is 1.39. The van der Waals surface area contributed by atoms with E-state index in [-0.39, 0.29) is 17.8 Å². The van der Waals surface area contributed by atoms with E-state index in [9.17, 15) is 5.26 Å². The van der Waals surface area contributed by atoms with Crippen LogP contribution in [-0.4, -0.2) is 10.2 Å². The van der Waals surface area contributed by atoms with Gasteiger partial charge in [-0.05, 0) is 93.3 Å². The number of benzene rings is 6. The van der Waals surface area contributed by atoms with Crippen LogP contribution >= 0.6 is 0 Å². The van der Waals surface area contributed by atoms with E-state index in [1.807, 2.05) is 12.1 Å². The lowest BCUT2D eigenvalue weighted by Crippen LogP contribution is -2.17. The number of aliphatic imine (C=N–C) groups is 1. The van der Waals surface area contributed by atoms with Crippen LogP contribution in [0.25, 0.3) is 65.3 Å². The molecule has 4 heteroatoms. The summed E-state index contributed by atoms with van der Waals surface area (Å²) in [7, 11) is 0. The van der Waals surface area contributed by atoms with Crippen LogP contribution in [-0.2, 0) is 6.42 Å². The molecule has 0 N–H and O–H groups in total. The topological polar surface area (TPSA) is 54.7 Å². The number of para-hydroxylation sites is 3. The number of nitriles is 1. The number of hydrogen-bond donors (Lipinski definition) is 0. The molecule has 0 saturated carbocycles. The summed E-state index contributed by atoms with van der Waals surface area (Å²) in [5.41, 5.74) is 11.0. The van der Waals surface area contributed by atoms with Gasteiger partial charge >= 0.3 is 0 Å². The van der Waals surface area contributed by atoms with Crippen LogP contribution < -0.4 is 0 Å². The molecular weight excluding hydrogens is 536 g/mol. The van der Waals surface area contributed by atoms with Gasteiger partial charge in [0.1, 0.15) is 0 Å². The van der Waals surface area contributed by atoms with Crippen molar-refractivity contribution in [3.8, 4) is 17.2 Å². The van der Waals surface area contributed by atoms with Gasteiger partial charge in [0.2, 0.25) is 0 Å². The summed E-state index contributed by atoms with van der Waals surface area (Å²) in [5, 5.41) is 22.7. The summed E-state index contributed by atoms with van der Waals surface area (Å²) in [6, 6.07) is 43.9. The molecule has 1 aliphatic heterocycles. The van der Waals surface area contributed by atoms with Crippen molar-refractivity contribution in [1.29, 1.82) is 5.26 Å². The summed E-state index contributed by atoms with van der Waals surface area (Å²) in [4.78, 5) is 4.62. The van der Waals surface area contributed by atoms with E-state index in [0.717, 1.165) is 24.1 Å². The second kappa shape index (κ2) is 8.69. The zero-order valence-corrected chi connectivity index (χ0v) is 23.8. The molecule has 6 aromatic carbocycles. The fraction of sp³-hybridized carbons (Fsp3) is 0.100.